The second-order valence-corrected chi connectivity index (χ2v) is 8.69. The molecule has 9 nitrogen and oxygen atoms in total. The maximum atomic E-state index is 12.2. The number of aromatic carboxylic acids is 1. The Morgan fingerprint density at radius 3 is 2.19 bits per heavy atom. The van der Waals surface area contributed by atoms with Crippen LogP contribution in [0.2, 0.25) is 0 Å². The van der Waals surface area contributed by atoms with Gasteiger partial charge in [-0.2, -0.15) is 0 Å². The van der Waals surface area contributed by atoms with E-state index in [4.69, 9.17) is 4.74 Å². The molecule has 2 aromatic rings. The lowest BCUT2D eigenvalue weighted by Crippen LogP contribution is -2.50. The van der Waals surface area contributed by atoms with Gasteiger partial charge in [-0.25, -0.2) is 9.59 Å². The van der Waals surface area contributed by atoms with E-state index in [-0.39, 0.29) is 6.09 Å². The van der Waals surface area contributed by atoms with Crippen molar-refractivity contribution in [2.45, 2.75) is 39.7 Å². The summed E-state index contributed by atoms with van der Waals surface area (Å²) in [4.78, 5) is 42.2. The number of H-pyrrole nitrogens is 1. The number of ether oxygens (including phenoxy) is 1. The van der Waals surface area contributed by atoms with Crippen LogP contribution in [0.25, 0.3) is 11.3 Å². The van der Waals surface area contributed by atoms with Crippen LogP contribution in [0.3, 0.4) is 0 Å². The molecule has 32 heavy (non-hydrogen) atoms. The van der Waals surface area contributed by atoms with Gasteiger partial charge in [0.2, 0.25) is 0 Å². The lowest BCUT2D eigenvalue weighted by molar-refractivity contribution is 0.0240. The Morgan fingerprint density at radius 1 is 1.09 bits per heavy atom. The number of aromatic amines is 1. The Labute approximate surface area is 186 Å². The highest BCUT2D eigenvalue weighted by molar-refractivity contribution is 5.92. The van der Waals surface area contributed by atoms with Gasteiger partial charge in [0.15, 0.2) is 5.56 Å². The molecule has 1 aromatic carbocycles. The van der Waals surface area contributed by atoms with Crippen LogP contribution < -0.4 is 10.5 Å². The number of piperazine rings is 1. The Bertz CT molecular complexity index is 1060. The molecule has 3 N–H and O–H groups in total. The molecule has 1 amide bonds. The third-order valence-electron chi connectivity index (χ3n) is 5.31. The minimum absolute atomic E-state index is 0.312. The molecule has 1 aliphatic rings. The van der Waals surface area contributed by atoms with Gasteiger partial charge in [0.05, 0.1) is 5.69 Å². The zero-order valence-corrected chi connectivity index (χ0v) is 18.8. The summed E-state index contributed by atoms with van der Waals surface area (Å²) in [6, 6.07) is 7.44. The van der Waals surface area contributed by atoms with Crippen LogP contribution in [0.15, 0.2) is 29.1 Å². The van der Waals surface area contributed by atoms with Crippen molar-refractivity contribution in [3.63, 3.8) is 0 Å². The van der Waals surface area contributed by atoms with Crippen molar-refractivity contribution in [3.05, 3.63) is 45.7 Å². The molecule has 1 saturated heterocycles. The van der Waals surface area contributed by atoms with Crippen molar-refractivity contribution in [1.82, 2.24) is 9.88 Å². The largest absolute Gasteiger partial charge is 0.506 e. The third kappa shape index (κ3) is 4.87. The number of carbonyl (C=O) groups excluding carboxylic acids is 1. The minimum atomic E-state index is -1.47. The number of anilines is 1. The second-order valence-electron chi connectivity index (χ2n) is 8.69. The molecule has 2 heterocycles. The van der Waals surface area contributed by atoms with Gasteiger partial charge in [-0.05, 0) is 44.9 Å². The smallest absolute Gasteiger partial charge is 0.410 e. The fourth-order valence-electron chi connectivity index (χ4n) is 3.73. The van der Waals surface area contributed by atoms with Gasteiger partial charge >= 0.3 is 12.1 Å². The minimum Gasteiger partial charge on any atom is -0.506 e. The standard InChI is InChI=1S/C23H29N3O6/c1-5-16-18(24-20(28)17(19(16)27)21(29)30)14-6-8-15(9-7-14)25-10-12-26(13-11-25)22(31)32-23(2,3)4/h6-9H,5,10-13H2,1-4H3,(H,29,30)(H2,24,27,28). The van der Waals surface area contributed by atoms with Crippen LogP contribution in [0.4, 0.5) is 10.5 Å². The predicted molar refractivity (Wildman–Crippen MR) is 121 cm³/mol. The highest BCUT2D eigenvalue weighted by atomic mass is 16.6. The Morgan fingerprint density at radius 2 is 1.69 bits per heavy atom. The number of pyridine rings is 1. The molecule has 0 bridgehead atoms. The molecule has 9 heteroatoms. The molecule has 0 radical (unpaired) electrons. The molecule has 1 aliphatic heterocycles. The number of aromatic nitrogens is 1. The molecule has 172 valence electrons. The Balaban J connectivity index is 1.76. The summed E-state index contributed by atoms with van der Waals surface area (Å²) >= 11 is 0. The molecule has 0 aliphatic carbocycles. The van der Waals surface area contributed by atoms with E-state index in [0.717, 1.165) is 5.69 Å². The summed E-state index contributed by atoms with van der Waals surface area (Å²) in [7, 11) is 0. The maximum Gasteiger partial charge on any atom is 0.410 e. The molecule has 0 atom stereocenters. The molecule has 1 aromatic heterocycles. The van der Waals surface area contributed by atoms with Crippen molar-refractivity contribution in [2.75, 3.05) is 31.1 Å². The number of amides is 1. The van der Waals surface area contributed by atoms with Gasteiger partial charge in [-0.3, -0.25) is 4.79 Å². The molecule has 3 rings (SSSR count). The van der Waals surface area contributed by atoms with Crippen LogP contribution in [0, 0.1) is 0 Å². The van der Waals surface area contributed by atoms with E-state index in [2.05, 4.69) is 9.88 Å². The lowest BCUT2D eigenvalue weighted by Gasteiger charge is -2.36. The van der Waals surface area contributed by atoms with Crippen molar-refractivity contribution >= 4 is 17.7 Å². The number of carboxylic acids is 1. The number of hydrogen-bond acceptors (Lipinski definition) is 6. The van der Waals surface area contributed by atoms with Crippen molar-refractivity contribution in [3.8, 4) is 17.0 Å². The normalized spacial score (nSPS) is 14.4. The first-order valence-electron chi connectivity index (χ1n) is 10.6. The van der Waals surface area contributed by atoms with E-state index in [1.165, 1.54) is 0 Å². The Kier molecular flexibility index (Phi) is 6.47. The van der Waals surface area contributed by atoms with E-state index in [0.29, 0.717) is 49.4 Å². The molecule has 0 saturated carbocycles. The molecular formula is C23H29N3O6. The number of nitrogens with zero attached hydrogens (tertiary/aromatic N) is 2. The monoisotopic (exact) mass is 443 g/mol. The lowest BCUT2D eigenvalue weighted by atomic mass is 10.00. The third-order valence-corrected chi connectivity index (χ3v) is 5.31. The maximum absolute atomic E-state index is 12.2. The molecule has 0 unspecified atom stereocenters. The molecule has 1 fully saturated rings. The topological polar surface area (TPSA) is 123 Å². The van der Waals surface area contributed by atoms with Gasteiger partial charge in [-0.15, -0.1) is 0 Å². The van der Waals surface area contributed by atoms with Gasteiger partial charge in [0.25, 0.3) is 5.56 Å². The van der Waals surface area contributed by atoms with Crippen LogP contribution in [0.1, 0.15) is 43.6 Å². The number of nitrogens with one attached hydrogen (secondary N) is 1. The van der Waals surface area contributed by atoms with Crippen LogP contribution >= 0.6 is 0 Å². The number of benzene rings is 1. The van der Waals surface area contributed by atoms with E-state index >= 15 is 0 Å². The summed E-state index contributed by atoms with van der Waals surface area (Å²) in [5.41, 5.74) is 0.391. The summed E-state index contributed by atoms with van der Waals surface area (Å²) in [5, 5.41) is 19.5. The number of carbonyl (C=O) groups is 2. The fraction of sp³-hybridized carbons (Fsp3) is 0.435. The summed E-state index contributed by atoms with van der Waals surface area (Å²) in [5.74, 6) is -1.97. The van der Waals surface area contributed by atoms with Gasteiger partial charge in [-0.1, -0.05) is 19.1 Å². The molecule has 0 spiro atoms. The average molecular weight is 444 g/mol. The first-order chi connectivity index (χ1) is 15.0. The fourth-order valence-corrected chi connectivity index (χ4v) is 3.73. The van der Waals surface area contributed by atoms with Crippen molar-refractivity contribution in [1.29, 1.82) is 0 Å². The second kappa shape index (κ2) is 8.94. The summed E-state index contributed by atoms with van der Waals surface area (Å²) < 4.78 is 5.43. The predicted octanol–water partition coefficient (Wildman–Crippen LogP) is 3.07. The quantitative estimate of drug-likeness (QED) is 0.663. The van der Waals surface area contributed by atoms with Crippen LogP contribution in [-0.2, 0) is 11.2 Å². The zero-order valence-electron chi connectivity index (χ0n) is 18.8. The summed E-state index contributed by atoms with van der Waals surface area (Å²) in [6.07, 6.45) is 0.0419. The number of aromatic hydroxyl groups is 1. The van der Waals surface area contributed by atoms with Crippen molar-refractivity contribution < 1.29 is 24.5 Å². The zero-order chi connectivity index (χ0) is 23.6. The van der Waals surface area contributed by atoms with Crippen LogP contribution in [-0.4, -0.2) is 63.9 Å². The average Bonchev–Trinajstić information content (AvgIpc) is 2.72. The van der Waals surface area contributed by atoms with Gasteiger partial charge < -0.3 is 29.7 Å². The Hall–Kier alpha value is -3.49. The number of hydrogen-bond donors (Lipinski definition) is 3. The highest BCUT2D eigenvalue weighted by Crippen LogP contribution is 2.31. The van der Waals surface area contributed by atoms with E-state index in [9.17, 15) is 24.6 Å². The van der Waals surface area contributed by atoms with Crippen LogP contribution in [0.5, 0.6) is 5.75 Å². The first kappa shape index (κ1) is 23.2. The number of rotatable bonds is 4. The van der Waals surface area contributed by atoms with E-state index in [1.807, 2.05) is 45.0 Å². The highest BCUT2D eigenvalue weighted by Gasteiger charge is 2.26. The molecular weight excluding hydrogens is 414 g/mol. The number of carboxylic acid groups (broad SMARTS) is 1. The first-order valence-corrected chi connectivity index (χ1v) is 10.6. The van der Waals surface area contributed by atoms with Gasteiger partial charge in [0.1, 0.15) is 11.4 Å². The summed E-state index contributed by atoms with van der Waals surface area (Å²) in [6.45, 7) is 9.72. The SMILES string of the molecule is CCc1c(-c2ccc(N3CCN(C(=O)OC(C)(C)C)CC3)cc2)[nH]c(=O)c(C(=O)O)c1O. The van der Waals surface area contributed by atoms with Gasteiger partial charge in [0, 0.05) is 37.4 Å². The van der Waals surface area contributed by atoms with E-state index < -0.39 is 28.4 Å². The van der Waals surface area contributed by atoms with Crippen molar-refractivity contribution in [2.24, 2.45) is 0 Å². The van der Waals surface area contributed by atoms with E-state index in [1.54, 1.807) is 11.8 Å².